The maximum Gasteiger partial charge on any atom is 0.573 e. The van der Waals surface area contributed by atoms with Crippen molar-refractivity contribution in [3.63, 3.8) is 0 Å². The van der Waals surface area contributed by atoms with Gasteiger partial charge in [0.25, 0.3) is 0 Å². The minimum Gasteiger partial charge on any atom is -0.494 e. The molecule has 0 atom stereocenters. The Labute approximate surface area is 88.5 Å². The highest BCUT2D eigenvalue weighted by molar-refractivity contribution is 6.31. The minimum atomic E-state index is -4.82. The zero-order valence-electron chi connectivity index (χ0n) is 7.56. The zero-order chi connectivity index (χ0) is 11.6. The molecule has 7 heteroatoms. The van der Waals surface area contributed by atoms with Gasteiger partial charge in [0.05, 0.1) is 7.11 Å². The number of nitrogen functional groups attached to an aromatic ring is 1. The van der Waals surface area contributed by atoms with Crippen LogP contribution in [0.1, 0.15) is 0 Å². The van der Waals surface area contributed by atoms with Crippen LogP contribution in [0.4, 0.5) is 18.9 Å². The average Bonchev–Trinajstić information content (AvgIpc) is 2.08. The summed E-state index contributed by atoms with van der Waals surface area (Å²) >= 11 is 5.55. The van der Waals surface area contributed by atoms with Gasteiger partial charge in [-0.05, 0) is 0 Å². The Bertz CT molecular complexity index is 368. The van der Waals surface area contributed by atoms with Crippen molar-refractivity contribution in [1.82, 2.24) is 0 Å². The monoisotopic (exact) mass is 241 g/mol. The second kappa shape index (κ2) is 4.06. The van der Waals surface area contributed by atoms with Crippen LogP contribution in [0, 0.1) is 0 Å². The quantitative estimate of drug-likeness (QED) is 0.810. The van der Waals surface area contributed by atoms with Gasteiger partial charge < -0.3 is 15.2 Å². The number of halogens is 4. The number of hydrogen-bond donors (Lipinski definition) is 1. The summed E-state index contributed by atoms with van der Waals surface area (Å²) in [5, 5.41) is 0.0419. The first kappa shape index (κ1) is 11.8. The van der Waals surface area contributed by atoms with Gasteiger partial charge in [0.1, 0.15) is 11.4 Å². The van der Waals surface area contributed by atoms with E-state index in [2.05, 4.69) is 4.74 Å². The Kier molecular flexibility index (Phi) is 3.18. The SMILES string of the molecule is COc1cc(Cl)cc(OC(F)(F)F)c1N. The summed E-state index contributed by atoms with van der Waals surface area (Å²) in [5.74, 6) is -0.548. The predicted molar refractivity (Wildman–Crippen MR) is 49.1 cm³/mol. The molecule has 0 bridgehead atoms. The normalized spacial score (nSPS) is 11.3. The molecule has 0 fully saturated rings. The van der Waals surface area contributed by atoms with E-state index in [4.69, 9.17) is 22.1 Å². The van der Waals surface area contributed by atoms with Crippen molar-refractivity contribution in [1.29, 1.82) is 0 Å². The van der Waals surface area contributed by atoms with Crippen LogP contribution in [0.3, 0.4) is 0 Å². The van der Waals surface area contributed by atoms with Crippen LogP contribution in [-0.2, 0) is 0 Å². The summed E-state index contributed by atoms with van der Waals surface area (Å²) in [5.41, 5.74) is 5.11. The Balaban J connectivity index is 3.12. The number of nitrogens with two attached hydrogens (primary N) is 1. The molecule has 15 heavy (non-hydrogen) atoms. The van der Waals surface area contributed by atoms with Crippen LogP contribution >= 0.6 is 11.6 Å². The van der Waals surface area contributed by atoms with Crippen LogP contribution in [0.2, 0.25) is 5.02 Å². The molecule has 0 saturated carbocycles. The van der Waals surface area contributed by atoms with Crippen LogP contribution in [0.5, 0.6) is 11.5 Å². The van der Waals surface area contributed by atoms with Crippen molar-refractivity contribution in [2.75, 3.05) is 12.8 Å². The number of alkyl halides is 3. The highest BCUT2D eigenvalue weighted by atomic mass is 35.5. The fraction of sp³-hybridized carbons (Fsp3) is 0.250. The zero-order valence-corrected chi connectivity index (χ0v) is 8.32. The summed E-state index contributed by atoms with van der Waals surface area (Å²) < 4.78 is 44.2. The van der Waals surface area contributed by atoms with Crippen LogP contribution in [-0.4, -0.2) is 13.5 Å². The van der Waals surface area contributed by atoms with Gasteiger partial charge in [-0.2, -0.15) is 0 Å². The van der Waals surface area contributed by atoms with Crippen LogP contribution in [0.15, 0.2) is 12.1 Å². The third kappa shape index (κ3) is 3.09. The molecule has 0 unspecified atom stereocenters. The molecule has 0 aromatic heterocycles. The van der Waals surface area contributed by atoms with Gasteiger partial charge in [-0.1, -0.05) is 11.6 Å². The fourth-order valence-corrected chi connectivity index (χ4v) is 1.15. The predicted octanol–water partition coefficient (Wildman–Crippen LogP) is 2.83. The highest BCUT2D eigenvalue weighted by Crippen LogP contribution is 2.37. The molecule has 0 spiro atoms. The first-order valence-corrected chi connectivity index (χ1v) is 4.10. The largest absolute Gasteiger partial charge is 0.573 e. The lowest BCUT2D eigenvalue weighted by Gasteiger charge is -2.13. The Morgan fingerprint density at radius 1 is 1.27 bits per heavy atom. The van der Waals surface area contributed by atoms with Crippen molar-refractivity contribution in [3.05, 3.63) is 17.2 Å². The molecule has 2 N–H and O–H groups in total. The molecule has 1 aromatic rings. The number of ether oxygens (including phenoxy) is 2. The Hall–Kier alpha value is -1.30. The number of benzene rings is 1. The molecule has 0 aliphatic carbocycles. The van der Waals surface area contributed by atoms with Gasteiger partial charge in [-0.3, -0.25) is 0 Å². The van der Waals surface area contributed by atoms with E-state index in [-0.39, 0.29) is 16.5 Å². The van der Waals surface area contributed by atoms with Crippen molar-refractivity contribution < 1.29 is 22.6 Å². The van der Waals surface area contributed by atoms with Crippen molar-refractivity contribution in [2.45, 2.75) is 6.36 Å². The van der Waals surface area contributed by atoms with E-state index >= 15 is 0 Å². The first-order valence-electron chi connectivity index (χ1n) is 3.72. The van der Waals surface area contributed by atoms with E-state index < -0.39 is 12.1 Å². The van der Waals surface area contributed by atoms with Gasteiger partial charge in [0, 0.05) is 17.2 Å². The van der Waals surface area contributed by atoms with E-state index in [1.54, 1.807) is 0 Å². The van der Waals surface area contributed by atoms with E-state index in [9.17, 15) is 13.2 Å². The fourth-order valence-electron chi connectivity index (χ4n) is 0.947. The van der Waals surface area contributed by atoms with Crippen molar-refractivity contribution in [2.24, 2.45) is 0 Å². The van der Waals surface area contributed by atoms with Gasteiger partial charge in [-0.25, -0.2) is 0 Å². The number of rotatable bonds is 2. The number of hydrogen-bond acceptors (Lipinski definition) is 3. The number of anilines is 1. The van der Waals surface area contributed by atoms with E-state index in [1.165, 1.54) is 13.2 Å². The van der Waals surface area contributed by atoms with Crippen molar-refractivity contribution in [3.8, 4) is 11.5 Å². The molecule has 0 heterocycles. The van der Waals surface area contributed by atoms with E-state index in [0.29, 0.717) is 0 Å². The Morgan fingerprint density at radius 3 is 2.27 bits per heavy atom. The average molecular weight is 242 g/mol. The molecule has 1 aromatic carbocycles. The smallest absolute Gasteiger partial charge is 0.494 e. The van der Waals surface area contributed by atoms with E-state index in [1.807, 2.05) is 0 Å². The molecule has 0 saturated heterocycles. The summed E-state index contributed by atoms with van der Waals surface area (Å²) in [4.78, 5) is 0. The van der Waals surface area contributed by atoms with Gasteiger partial charge in [-0.15, -0.1) is 13.2 Å². The molecular weight excluding hydrogens is 235 g/mol. The summed E-state index contributed by atoms with van der Waals surface area (Å²) in [6.07, 6.45) is -4.82. The minimum absolute atomic E-state index is 0.0294. The molecule has 0 amide bonds. The second-order valence-corrected chi connectivity index (χ2v) is 3.00. The summed E-state index contributed by atoms with van der Waals surface area (Å²) in [7, 11) is 1.26. The topological polar surface area (TPSA) is 44.5 Å². The lowest BCUT2D eigenvalue weighted by molar-refractivity contribution is -0.274. The van der Waals surface area contributed by atoms with E-state index in [0.717, 1.165) is 6.07 Å². The number of methoxy groups -OCH3 is 1. The summed E-state index contributed by atoms with van der Waals surface area (Å²) in [6, 6.07) is 2.26. The maximum absolute atomic E-state index is 11.9. The molecule has 0 radical (unpaired) electrons. The maximum atomic E-state index is 11.9. The molecule has 84 valence electrons. The second-order valence-electron chi connectivity index (χ2n) is 2.57. The van der Waals surface area contributed by atoms with Gasteiger partial charge >= 0.3 is 6.36 Å². The third-order valence-electron chi connectivity index (χ3n) is 1.51. The third-order valence-corrected chi connectivity index (χ3v) is 1.73. The van der Waals surface area contributed by atoms with Gasteiger partial charge in [0.15, 0.2) is 5.75 Å². The lowest BCUT2D eigenvalue weighted by atomic mass is 10.3. The van der Waals surface area contributed by atoms with Crippen LogP contribution < -0.4 is 15.2 Å². The van der Waals surface area contributed by atoms with Gasteiger partial charge in [0.2, 0.25) is 0 Å². The highest BCUT2D eigenvalue weighted by Gasteiger charge is 2.32. The summed E-state index contributed by atoms with van der Waals surface area (Å²) in [6.45, 7) is 0. The molecular formula is C8H7ClF3NO2. The molecule has 1 rings (SSSR count). The molecule has 0 aliphatic heterocycles. The lowest BCUT2D eigenvalue weighted by Crippen LogP contribution is -2.18. The first-order chi connectivity index (χ1) is 6.83. The van der Waals surface area contributed by atoms with Crippen LogP contribution in [0.25, 0.3) is 0 Å². The standard InChI is InChI=1S/C8H7ClF3NO2/c1-14-5-2-4(9)3-6(7(5)13)15-8(10,11)12/h2-3H,13H2,1H3. The Morgan fingerprint density at radius 2 is 1.80 bits per heavy atom. The molecule has 0 aliphatic rings. The van der Waals surface area contributed by atoms with Crippen molar-refractivity contribution >= 4 is 17.3 Å². The molecule has 3 nitrogen and oxygen atoms in total.